The van der Waals surface area contributed by atoms with Crippen molar-refractivity contribution in [2.75, 3.05) is 0 Å². The second-order valence-corrected chi connectivity index (χ2v) is 4.02. The molecule has 2 N–H and O–H groups in total. The van der Waals surface area contributed by atoms with Crippen LogP contribution in [0, 0.1) is 6.92 Å². The van der Waals surface area contributed by atoms with Crippen LogP contribution >= 0.6 is 11.3 Å². The molecule has 0 radical (unpaired) electrons. The smallest absolute Gasteiger partial charge is 0.365 e. The number of aliphatic imine (C=N–C) groups is 1. The maximum Gasteiger partial charge on any atom is 0.429 e. The van der Waals surface area contributed by atoms with Crippen LogP contribution < -0.4 is 5.73 Å². The number of primary amides is 1. The monoisotopic (exact) mass is 250 g/mol. The van der Waals surface area contributed by atoms with E-state index in [0.717, 1.165) is 18.3 Å². The van der Waals surface area contributed by atoms with Crippen molar-refractivity contribution >= 4 is 28.0 Å². The predicted molar refractivity (Wildman–Crippen MR) is 56.4 cm³/mol. The summed E-state index contributed by atoms with van der Waals surface area (Å²) in [6.07, 6.45) is -4.49. The zero-order chi connectivity index (χ0) is 12.5. The average molecular weight is 250 g/mol. The van der Waals surface area contributed by atoms with Gasteiger partial charge in [0.1, 0.15) is 10.7 Å². The highest BCUT2D eigenvalue weighted by molar-refractivity contribution is 7.14. The van der Waals surface area contributed by atoms with Crippen molar-refractivity contribution in [1.82, 2.24) is 0 Å². The van der Waals surface area contributed by atoms with E-state index in [2.05, 4.69) is 4.99 Å². The zero-order valence-corrected chi connectivity index (χ0v) is 9.37. The van der Waals surface area contributed by atoms with Crippen molar-refractivity contribution in [3.63, 3.8) is 0 Å². The van der Waals surface area contributed by atoms with Gasteiger partial charge in [-0.15, -0.1) is 11.3 Å². The van der Waals surface area contributed by atoms with Crippen LogP contribution in [0.5, 0.6) is 0 Å². The SMILES string of the molecule is CC(=Nc1scc(C)c1C(N)=O)C(F)(F)F. The van der Waals surface area contributed by atoms with Crippen LogP contribution in [0.15, 0.2) is 10.4 Å². The lowest BCUT2D eigenvalue weighted by Gasteiger charge is -2.04. The number of alkyl halides is 3. The molecule has 0 spiro atoms. The minimum Gasteiger partial charge on any atom is -0.365 e. The van der Waals surface area contributed by atoms with Gasteiger partial charge in [0.05, 0.1) is 5.56 Å². The molecule has 3 nitrogen and oxygen atoms in total. The van der Waals surface area contributed by atoms with Crippen LogP contribution in [-0.4, -0.2) is 17.8 Å². The Balaban J connectivity index is 3.21. The lowest BCUT2D eigenvalue weighted by atomic mass is 10.2. The molecule has 0 fully saturated rings. The highest BCUT2D eigenvalue weighted by atomic mass is 32.1. The van der Waals surface area contributed by atoms with Crippen molar-refractivity contribution in [2.24, 2.45) is 10.7 Å². The molecular weight excluding hydrogens is 241 g/mol. The van der Waals surface area contributed by atoms with E-state index in [4.69, 9.17) is 5.73 Å². The van der Waals surface area contributed by atoms with Gasteiger partial charge in [-0.3, -0.25) is 4.79 Å². The van der Waals surface area contributed by atoms with Crippen molar-refractivity contribution in [1.29, 1.82) is 0 Å². The van der Waals surface area contributed by atoms with E-state index in [1.54, 1.807) is 12.3 Å². The predicted octanol–water partition coefficient (Wildman–Crippen LogP) is 2.81. The van der Waals surface area contributed by atoms with E-state index in [0.29, 0.717) is 5.56 Å². The molecule has 0 aromatic carbocycles. The highest BCUT2D eigenvalue weighted by Gasteiger charge is 2.32. The van der Waals surface area contributed by atoms with Gasteiger partial charge in [-0.25, -0.2) is 4.99 Å². The standard InChI is InChI=1S/C9H9F3N2OS/c1-4-3-16-8(6(4)7(13)15)14-5(2)9(10,11)12/h3H,1-2H3,(H2,13,15). The molecule has 7 heteroatoms. The Hall–Kier alpha value is -1.37. The first kappa shape index (κ1) is 12.7. The van der Waals surface area contributed by atoms with E-state index in [9.17, 15) is 18.0 Å². The number of aryl methyl sites for hydroxylation is 1. The second-order valence-electron chi connectivity index (χ2n) is 3.16. The summed E-state index contributed by atoms with van der Waals surface area (Å²) >= 11 is 0.961. The first-order valence-corrected chi connectivity index (χ1v) is 5.12. The molecule has 0 unspecified atom stereocenters. The van der Waals surface area contributed by atoms with Gasteiger partial charge in [0.25, 0.3) is 5.91 Å². The van der Waals surface area contributed by atoms with E-state index in [1.807, 2.05) is 0 Å². The van der Waals surface area contributed by atoms with E-state index in [-0.39, 0.29) is 10.6 Å². The van der Waals surface area contributed by atoms with Crippen LogP contribution in [-0.2, 0) is 0 Å². The van der Waals surface area contributed by atoms with Crippen LogP contribution in [0.25, 0.3) is 0 Å². The Kier molecular flexibility index (Phi) is 3.37. The number of halogens is 3. The molecule has 0 atom stereocenters. The average Bonchev–Trinajstić information content (AvgIpc) is 2.45. The van der Waals surface area contributed by atoms with Gasteiger partial charge in [-0.1, -0.05) is 0 Å². The molecular formula is C9H9F3N2OS. The van der Waals surface area contributed by atoms with Crippen LogP contribution in [0.3, 0.4) is 0 Å². The Morgan fingerprint density at radius 1 is 1.50 bits per heavy atom. The van der Waals surface area contributed by atoms with Crippen LogP contribution in [0.4, 0.5) is 18.2 Å². The number of amides is 1. The number of carbonyl (C=O) groups excluding carboxylic acids is 1. The first-order chi connectivity index (χ1) is 7.23. The van der Waals surface area contributed by atoms with Gasteiger partial charge >= 0.3 is 6.18 Å². The number of carbonyl (C=O) groups is 1. The maximum atomic E-state index is 12.2. The molecule has 0 bridgehead atoms. The molecule has 1 rings (SSSR count). The maximum absolute atomic E-state index is 12.2. The number of rotatable bonds is 2. The molecule has 0 aliphatic carbocycles. The van der Waals surface area contributed by atoms with Gasteiger partial charge in [0.15, 0.2) is 0 Å². The summed E-state index contributed by atoms with van der Waals surface area (Å²) in [6.45, 7) is 2.44. The lowest BCUT2D eigenvalue weighted by Crippen LogP contribution is -2.19. The normalized spacial score (nSPS) is 12.9. The minimum absolute atomic E-state index is 0.000162. The second kappa shape index (κ2) is 4.25. The fraction of sp³-hybridized carbons (Fsp3) is 0.333. The fourth-order valence-corrected chi connectivity index (χ4v) is 2.00. The molecule has 1 heterocycles. The van der Waals surface area contributed by atoms with Crippen LogP contribution in [0.2, 0.25) is 0 Å². The minimum atomic E-state index is -4.49. The number of thiophene rings is 1. The van der Waals surface area contributed by atoms with Gasteiger partial charge in [0.2, 0.25) is 0 Å². The largest absolute Gasteiger partial charge is 0.429 e. The molecule has 0 aliphatic heterocycles. The molecule has 1 amide bonds. The van der Waals surface area contributed by atoms with Crippen molar-refractivity contribution in [3.05, 3.63) is 16.5 Å². The number of nitrogens with zero attached hydrogens (tertiary/aromatic N) is 1. The van der Waals surface area contributed by atoms with Crippen molar-refractivity contribution in [3.8, 4) is 0 Å². The molecule has 1 aromatic rings. The summed E-state index contributed by atoms with van der Waals surface area (Å²) < 4.78 is 36.7. The molecule has 1 aromatic heterocycles. The third kappa shape index (κ3) is 2.60. The Morgan fingerprint density at radius 2 is 2.06 bits per heavy atom. The molecule has 16 heavy (non-hydrogen) atoms. The third-order valence-corrected chi connectivity index (χ3v) is 2.87. The summed E-state index contributed by atoms with van der Waals surface area (Å²) in [5.74, 6) is -0.771. The summed E-state index contributed by atoms with van der Waals surface area (Å²) in [5.41, 5.74) is 4.64. The topological polar surface area (TPSA) is 55.4 Å². The fourth-order valence-electron chi connectivity index (χ4n) is 1.03. The number of hydrogen-bond donors (Lipinski definition) is 1. The van der Waals surface area contributed by atoms with Crippen molar-refractivity contribution < 1.29 is 18.0 Å². The van der Waals surface area contributed by atoms with E-state index < -0.39 is 17.8 Å². The van der Waals surface area contributed by atoms with E-state index in [1.165, 1.54) is 0 Å². The molecule has 0 aliphatic rings. The summed E-state index contributed by atoms with van der Waals surface area (Å²) in [4.78, 5) is 14.4. The third-order valence-electron chi connectivity index (χ3n) is 1.88. The first-order valence-electron chi connectivity index (χ1n) is 4.24. The van der Waals surface area contributed by atoms with Gasteiger partial charge in [-0.05, 0) is 24.8 Å². The van der Waals surface area contributed by atoms with Gasteiger partial charge < -0.3 is 5.73 Å². The number of nitrogens with two attached hydrogens (primary N) is 1. The van der Waals surface area contributed by atoms with Gasteiger partial charge in [-0.2, -0.15) is 13.2 Å². The van der Waals surface area contributed by atoms with Gasteiger partial charge in [0, 0.05) is 0 Å². The van der Waals surface area contributed by atoms with Crippen LogP contribution in [0.1, 0.15) is 22.8 Å². The summed E-state index contributed by atoms with van der Waals surface area (Å²) in [7, 11) is 0. The molecule has 88 valence electrons. The Morgan fingerprint density at radius 3 is 2.50 bits per heavy atom. The number of hydrogen-bond acceptors (Lipinski definition) is 3. The summed E-state index contributed by atoms with van der Waals surface area (Å²) in [5, 5.41) is 1.54. The Bertz CT molecular complexity index is 448. The molecule has 0 saturated heterocycles. The quantitative estimate of drug-likeness (QED) is 0.806. The molecule has 0 saturated carbocycles. The lowest BCUT2D eigenvalue weighted by molar-refractivity contribution is -0.0591. The zero-order valence-electron chi connectivity index (χ0n) is 8.55. The Labute approximate surface area is 93.8 Å². The highest BCUT2D eigenvalue weighted by Crippen LogP contribution is 2.32. The van der Waals surface area contributed by atoms with E-state index >= 15 is 0 Å². The summed E-state index contributed by atoms with van der Waals surface area (Å²) in [6, 6.07) is 0. The van der Waals surface area contributed by atoms with Crippen molar-refractivity contribution in [2.45, 2.75) is 20.0 Å².